The Balaban J connectivity index is 1.82. The minimum atomic E-state index is -0.254. The van der Waals surface area contributed by atoms with Gasteiger partial charge in [-0.2, -0.15) is 0 Å². The summed E-state index contributed by atoms with van der Waals surface area (Å²) in [7, 11) is 0. The average Bonchev–Trinajstić information content (AvgIpc) is 2.62. The second-order valence-corrected chi connectivity index (χ2v) is 4.31. The molecule has 18 heavy (non-hydrogen) atoms. The molecular formula is C14H18N2O2. The van der Waals surface area contributed by atoms with E-state index in [1.165, 1.54) is 0 Å². The van der Waals surface area contributed by atoms with E-state index in [0.717, 1.165) is 24.2 Å². The number of carbonyl (C=O) groups excluding carboxylic acids is 1. The lowest BCUT2D eigenvalue weighted by atomic mass is 10.2. The van der Waals surface area contributed by atoms with E-state index in [0.29, 0.717) is 19.7 Å². The second-order valence-electron chi connectivity index (χ2n) is 4.31. The Kier molecular flexibility index (Phi) is 4.23. The molecule has 0 aromatic heterocycles. The van der Waals surface area contributed by atoms with Crippen LogP contribution in [0.5, 0.6) is 0 Å². The quantitative estimate of drug-likeness (QED) is 0.869. The van der Waals surface area contributed by atoms with Crippen LogP contribution in [0.3, 0.4) is 0 Å². The van der Waals surface area contributed by atoms with Crippen molar-refractivity contribution in [1.29, 1.82) is 0 Å². The highest BCUT2D eigenvalue weighted by Gasteiger charge is 2.17. The van der Waals surface area contributed by atoms with Gasteiger partial charge in [-0.3, -0.25) is 0 Å². The number of amides is 1. The fourth-order valence-corrected chi connectivity index (χ4v) is 1.83. The number of nitrogens with zero attached hydrogens (tertiary/aromatic N) is 1. The molecule has 1 aromatic rings. The van der Waals surface area contributed by atoms with E-state index in [4.69, 9.17) is 4.74 Å². The van der Waals surface area contributed by atoms with E-state index in [-0.39, 0.29) is 6.09 Å². The molecule has 96 valence electrons. The third-order valence-electron chi connectivity index (χ3n) is 2.90. The molecule has 0 spiro atoms. The van der Waals surface area contributed by atoms with Crippen molar-refractivity contribution >= 4 is 6.09 Å². The molecule has 1 amide bonds. The molecule has 1 N–H and O–H groups in total. The first-order valence-electron chi connectivity index (χ1n) is 6.13. The zero-order chi connectivity index (χ0) is 12.8. The van der Waals surface area contributed by atoms with Crippen molar-refractivity contribution in [3.8, 4) is 0 Å². The van der Waals surface area contributed by atoms with Crippen molar-refractivity contribution in [3.63, 3.8) is 0 Å². The highest BCUT2D eigenvalue weighted by Crippen LogP contribution is 2.07. The van der Waals surface area contributed by atoms with Crippen LogP contribution in [0.2, 0.25) is 0 Å². The van der Waals surface area contributed by atoms with Gasteiger partial charge in [0.15, 0.2) is 0 Å². The molecule has 0 radical (unpaired) electrons. The molecule has 0 saturated carbocycles. The monoisotopic (exact) mass is 246 g/mol. The number of rotatable bonds is 2. The second kappa shape index (κ2) is 6.10. The highest BCUT2D eigenvalue weighted by atomic mass is 16.6. The lowest BCUT2D eigenvalue weighted by Gasteiger charge is -2.19. The third-order valence-corrected chi connectivity index (χ3v) is 2.90. The van der Waals surface area contributed by atoms with Crippen molar-refractivity contribution in [2.24, 2.45) is 0 Å². The summed E-state index contributed by atoms with van der Waals surface area (Å²) in [5.41, 5.74) is 1.98. The molecule has 4 heteroatoms. The van der Waals surface area contributed by atoms with Gasteiger partial charge in [0.1, 0.15) is 6.61 Å². The third kappa shape index (κ3) is 3.52. The van der Waals surface area contributed by atoms with Crippen molar-refractivity contribution in [3.05, 3.63) is 48.2 Å². The molecule has 1 aromatic carbocycles. The number of carbonyl (C=O) groups is 1. The lowest BCUT2D eigenvalue weighted by Crippen LogP contribution is -2.34. The topological polar surface area (TPSA) is 41.6 Å². The summed E-state index contributed by atoms with van der Waals surface area (Å²) in [6, 6.07) is 9.70. The van der Waals surface area contributed by atoms with Gasteiger partial charge in [-0.05, 0) is 5.56 Å². The van der Waals surface area contributed by atoms with Crippen LogP contribution in [0.4, 0.5) is 4.79 Å². The van der Waals surface area contributed by atoms with Gasteiger partial charge in [-0.1, -0.05) is 36.9 Å². The normalized spacial score (nSPS) is 15.8. The van der Waals surface area contributed by atoms with Crippen LogP contribution in [0, 0.1) is 0 Å². The molecule has 0 unspecified atom stereocenters. The van der Waals surface area contributed by atoms with Gasteiger partial charge < -0.3 is 15.0 Å². The van der Waals surface area contributed by atoms with E-state index in [9.17, 15) is 4.79 Å². The van der Waals surface area contributed by atoms with Crippen LogP contribution >= 0.6 is 0 Å². The van der Waals surface area contributed by atoms with Crippen LogP contribution in [0.1, 0.15) is 12.0 Å². The van der Waals surface area contributed by atoms with Gasteiger partial charge in [0.2, 0.25) is 0 Å². The van der Waals surface area contributed by atoms with Crippen LogP contribution in [0.15, 0.2) is 42.6 Å². The SMILES string of the molecule is C=C1CCN(C(=O)OCc2ccccc2)CCN1. The molecule has 0 aliphatic carbocycles. The first-order chi connectivity index (χ1) is 8.75. The Morgan fingerprint density at radius 1 is 1.33 bits per heavy atom. The zero-order valence-corrected chi connectivity index (χ0v) is 10.4. The van der Waals surface area contributed by atoms with E-state index >= 15 is 0 Å². The van der Waals surface area contributed by atoms with Gasteiger partial charge in [-0.25, -0.2) is 4.79 Å². The van der Waals surface area contributed by atoms with E-state index < -0.39 is 0 Å². The molecule has 1 saturated heterocycles. The maximum Gasteiger partial charge on any atom is 0.410 e. The lowest BCUT2D eigenvalue weighted by molar-refractivity contribution is 0.0986. The molecule has 1 aliphatic rings. The van der Waals surface area contributed by atoms with Crippen LogP contribution in [0.25, 0.3) is 0 Å². The number of hydrogen-bond donors (Lipinski definition) is 1. The summed E-state index contributed by atoms with van der Waals surface area (Å²) in [6.07, 6.45) is 0.524. The molecule has 1 heterocycles. The molecule has 1 aliphatic heterocycles. The summed E-state index contributed by atoms with van der Waals surface area (Å²) in [5, 5.41) is 3.16. The largest absolute Gasteiger partial charge is 0.445 e. The average molecular weight is 246 g/mol. The molecule has 2 rings (SSSR count). The fourth-order valence-electron chi connectivity index (χ4n) is 1.83. The van der Waals surface area contributed by atoms with Gasteiger partial charge in [0.25, 0.3) is 0 Å². The molecule has 0 bridgehead atoms. The summed E-state index contributed by atoms with van der Waals surface area (Å²) < 4.78 is 5.29. The van der Waals surface area contributed by atoms with Crippen LogP contribution in [-0.2, 0) is 11.3 Å². The van der Waals surface area contributed by atoms with E-state index in [1.54, 1.807) is 4.90 Å². The summed E-state index contributed by atoms with van der Waals surface area (Å²) in [5.74, 6) is 0. The van der Waals surface area contributed by atoms with Crippen molar-refractivity contribution in [2.75, 3.05) is 19.6 Å². The molecule has 4 nitrogen and oxygen atoms in total. The first-order valence-corrected chi connectivity index (χ1v) is 6.13. The van der Waals surface area contributed by atoms with Gasteiger partial charge >= 0.3 is 6.09 Å². The standard InChI is InChI=1S/C14H18N2O2/c1-12-7-9-16(10-8-15-12)14(17)18-11-13-5-3-2-4-6-13/h2-6,15H,1,7-11H2. The Morgan fingerprint density at radius 2 is 2.11 bits per heavy atom. The van der Waals surface area contributed by atoms with Crippen molar-refractivity contribution in [1.82, 2.24) is 10.2 Å². The number of nitrogens with one attached hydrogen (secondary N) is 1. The Morgan fingerprint density at radius 3 is 2.89 bits per heavy atom. The summed E-state index contributed by atoms with van der Waals surface area (Å²) in [4.78, 5) is 13.6. The summed E-state index contributed by atoms with van der Waals surface area (Å²) in [6.45, 7) is 6.26. The Hall–Kier alpha value is -1.97. The van der Waals surface area contributed by atoms with E-state index in [2.05, 4.69) is 11.9 Å². The van der Waals surface area contributed by atoms with Crippen molar-refractivity contribution in [2.45, 2.75) is 13.0 Å². The van der Waals surface area contributed by atoms with Crippen LogP contribution in [-0.4, -0.2) is 30.6 Å². The van der Waals surface area contributed by atoms with Gasteiger partial charge in [0, 0.05) is 31.8 Å². The van der Waals surface area contributed by atoms with Crippen LogP contribution < -0.4 is 5.32 Å². The smallest absolute Gasteiger partial charge is 0.410 e. The Bertz CT molecular complexity index is 417. The van der Waals surface area contributed by atoms with Gasteiger partial charge in [-0.15, -0.1) is 0 Å². The predicted molar refractivity (Wildman–Crippen MR) is 70.0 cm³/mol. The molecule has 1 fully saturated rings. The van der Waals surface area contributed by atoms with E-state index in [1.807, 2.05) is 30.3 Å². The fraction of sp³-hybridized carbons (Fsp3) is 0.357. The molecular weight excluding hydrogens is 228 g/mol. The predicted octanol–water partition coefficient (Wildman–Crippen LogP) is 2.13. The maximum atomic E-state index is 11.9. The summed E-state index contributed by atoms with van der Waals surface area (Å²) >= 11 is 0. The highest BCUT2D eigenvalue weighted by molar-refractivity contribution is 5.67. The first kappa shape index (κ1) is 12.5. The number of ether oxygens (including phenoxy) is 1. The Labute approximate surface area is 107 Å². The van der Waals surface area contributed by atoms with Crippen molar-refractivity contribution < 1.29 is 9.53 Å². The number of hydrogen-bond acceptors (Lipinski definition) is 3. The number of benzene rings is 1. The minimum absolute atomic E-state index is 0.254. The zero-order valence-electron chi connectivity index (χ0n) is 10.4. The molecule has 0 atom stereocenters. The maximum absolute atomic E-state index is 11.9. The van der Waals surface area contributed by atoms with Gasteiger partial charge in [0.05, 0.1) is 0 Å². The minimum Gasteiger partial charge on any atom is -0.445 e.